The van der Waals surface area contributed by atoms with Crippen molar-refractivity contribution in [3.8, 4) is 0 Å². The fourth-order valence-electron chi connectivity index (χ4n) is 2.51. The van der Waals surface area contributed by atoms with E-state index in [0.717, 1.165) is 11.1 Å². The number of methoxy groups -OCH3 is 1. The Balaban J connectivity index is 2.27. The molecular weight excluding hydrogens is 275 g/mol. The molecule has 2 atom stereocenters. The van der Waals surface area contributed by atoms with E-state index in [9.17, 15) is 14.0 Å². The summed E-state index contributed by atoms with van der Waals surface area (Å²) in [7, 11) is 1.32. The predicted octanol–water partition coefficient (Wildman–Crippen LogP) is 2.72. The third-order valence-electron chi connectivity index (χ3n) is 3.42. The van der Waals surface area contributed by atoms with Gasteiger partial charge in [0, 0.05) is 19.8 Å². The van der Waals surface area contributed by atoms with E-state index in [0.29, 0.717) is 12.8 Å². The number of carbonyl (C=O) groups excluding carboxylic acids is 2. The second kappa shape index (κ2) is 6.52. The Hall–Kier alpha value is -2.17. The third kappa shape index (κ3) is 3.90. The summed E-state index contributed by atoms with van der Waals surface area (Å²) in [5.41, 5.74) is 1.66. The zero-order chi connectivity index (χ0) is 15.4. The average molecular weight is 292 g/mol. The average Bonchev–Trinajstić information content (AvgIpc) is 2.46. The van der Waals surface area contributed by atoms with Crippen molar-refractivity contribution in [2.24, 2.45) is 5.92 Å². The van der Waals surface area contributed by atoms with E-state index in [1.165, 1.54) is 26.2 Å². The van der Waals surface area contributed by atoms with Gasteiger partial charge in [0.25, 0.3) is 0 Å². The van der Waals surface area contributed by atoms with Gasteiger partial charge in [-0.3, -0.25) is 9.59 Å². The van der Waals surface area contributed by atoms with Crippen molar-refractivity contribution in [1.82, 2.24) is 0 Å². The SMILES string of the molecule is COC(=O)[C@@H]1C=C(c2ccc(F)cc2)C[C@H](OC(C)=O)C1. The number of hydrogen-bond donors (Lipinski definition) is 0. The van der Waals surface area contributed by atoms with Crippen LogP contribution in [0.3, 0.4) is 0 Å². The van der Waals surface area contributed by atoms with Crippen LogP contribution in [0.1, 0.15) is 25.3 Å². The molecule has 1 aromatic carbocycles. The molecule has 0 spiro atoms. The Morgan fingerprint density at radius 1 is 1.24 bits per heavy atom. The van der Waals surface area contributed by atoms with Gasteiger partial charge in [-0.1, -0.05) is 18.2 Å². The van der Waals surface area contributed by atoms with Gasteiger partial charge in [0.05, 0.1) is 13.0 Å². The number of hydrogen-bond acceptors (Lipinski definition) is 4. The van der Waals surface area contributed by atoms with Crippen molar-refractivity contribution in [2.45, 2.75) is 25.9 Å². The Labute approximate surface area is 122 Å². The first-order valence-electron chi connectivity index (χ1n) is 6.71. The molecule has 112 valence electrons. The minimum absolute atomic E-state index is 0.323. The minimum atomic E-state index is -0.465. The van der Waals surface area contributed by atoms with Gasteiger partial charge in [-0.05, 0) is 23.3 Å². The summed E-state index contributed by atoms with van der Waals surface area (Å²) in [5, 5.41) is 0. The zero-order valence-electron chi connectivity index (χ0n) is 12.0. The molecule has 21 heavy (non-hydrogen) atoms. The normalized spacial score (nSPS) is 21.4. The summed E-state index contributed by atoms with van der Waals surface area (Å²) in [6.45, 7) is 1.34. The molecule has 0 N–H and O–H groups in total. The molecule has 0 heterocycles. The summed E-state index contributed by atoms with van der Waals surface area (Å²) in [4.78, 5) is 22.9. The molecule has 0 fully saturated rings. The molecule has 1 aliphatic carbocycles. The molecule has 0 saturated heterocycles. The standard InChI is InChI=1S/C16H17FO4/c1-10(18)21-15-8-12(7-13(9-15)16(19)20-2)11-3-5-14(17)6-4-11/h3-7,13,15H,8-9H2,1-2H3/t13-,15+/m1/s1. The van der Waals surface area contributed by atoms with Gasteiger partial charge in [-0.2, -0.15) is 0 Å². The third-order valence-corrected chi connectivity index (χ3v) is 3.42. The monoisotopic (exact) mass is 292 g/mol. The highest BCUT2D eigenvalue weighted by Gasteiger charge is 2.30. The first-order valence-corrected chi connectivity index (χ1v) is 6.71. The summed E-state index contributed by atoms with van der Waals surface area (Å²) >= 11 is 0. The Morgan fingerprint density at radius 3 is 2.48 bits per heavy atom. The van der Waals surface area contributed by atoms with Crippen molar-refractivity contribution >= 4 is 17.5 Å². The maximum atomic E-state index is 13.0. The van der Waals surface area contributed by atoms with Crippen molar-refractivity contribution in [3.05, 3.63) is 41.7 Å². The summed E-state index contributed by atoms with van der Waals surface area (Å²) in [6, 6.07) is 6.01. The highest BCUT2D eigenvalue weighted by Crippen LogP contribution is 2.32. The van der Waals surface area contributed by atoms with Gasteiger partial charge in [0.2, 0.25) is 0 Å². The number of rotatable bonds is 3. The van der Waals surface area contributed by atoms with Gasteiger partial charge in [0.15, 0.2) is 0 Å². The van der Waals surface area contributed by atoms with E-state index in [2.05, 4.69) is 0 Å². The summed E-state index contributed by atoms with van der Waals surface area (Å²) in [5.74, 6) is -1.54. The molecule has 0 aromatic heterocycles. The highest BCUT2D eigenvalue weighted by molar-refractivity contribution is 5.80. The highest BCUT2D eigenvalue weighted by atomic mass is 19.1. The maximum Gasteiger partial charge on any atom is 0.312 e. The van der Waals surface area contributed by atoms with E-state index < -0.39 is 5.92 Å². The topological polar surface area (TPSA) is 52.6 Å². The number of halogens is 1. The van der Waals surface area contributed by atoms with Crippen molar-refractivity contribution in [3.63, 3.8) is 0 Å². The molecule has 1 aromatic rings. The smallest absolute Gasteiger partial charge is 0.312 e. The van der Waals surface area contributed by atoms with E-state index in [4.69, 9.17) is 9.47 Å². The van der Waals surface area contributed by atoms with Crippen LogP contribution in [0, 0.1) is 11.7 Å². The van der Waals surface area contributed by atoms with Crippen LogP contribution in [-0.2, 0) is 19.1 Å². The maximum absolute atomic E-state index is 13.0. The molecule has 1 aliphatic rings. The lowest BCUT2D eigenvalue weighted by Crippen LogP contribution is -2.28. The van der Waals surface area contributed by atoms with E-state index >= 15 is 0 Å². The summed E-state index contributed by atoms with van der Waals surface area (Å²) < 4.78 is 23.0. The molecule has 0 bridgehead atoms. The number of ether oxygens (including phenoxy) is 2. The Kier molecular flexibility index (Phi) is 4.73. The van der Waals surface area contributed by atoms with Crippen LogP contribution in [-0.4, -0.2) is 25.2 Å². The van der Waals surface area contributed by atoms with E-state index in [1.54, 1.807) is 18.2 Å². The van der Waals surface area contributed by atoms with Crippen LogP contribution in [0.2, 0.25) is 0 Å². The molecule has 0 amide bonds. The van der Waals surface area contributed by atoms with Gasteiger partial charge in [-0.25, -0.2) is 4.39 Å². The molecule has 2 rings (SSSR count). The summed E-state index contributed by atoms with van der Waals surface area (Å²) in [6.07, 6.45) is 2.32. The number of carbonyl (C=O) groups is 2. The van der Waals surface area contributed by atoms with Gasteiger partial charge in [0.1, 0.15) is 11.9 Å². The van der Waals surface area contributed by atoms with Crippen LogP contribution in [0.15, 0.2) is 30.3 Å². The van der Waals surface area contributed by atoms with Gasteiger partial charge < -0.3 is 9.47 Å². The predicted molar refractivity (Wildman–Crippen MR) is 74.7 cm³/mol. The second-order valence-electron chi connectivity index (χ2n) is 5.00. The van der Waals surface area contributed by atoms with Crippen LogP contribution < -0.4 is 0 Å². The molecule has 5 heteroatoms. The first-order chi connectivity index (χ1) is 9.99. The van der Waals surface area contributed by atoms with Crippen molar-refractivity contribution in [1.29, 1.82) is 0 Å². The van der Waals surface area contributed by atoms with Crippen LogP contribution in [0.5, 0.6) is 0 Å². The van der Waals surface area contributed by atoms with E-state index in [1.807, 2.05) is 0 Å². The van der Waals surface area contributed by atoms with Crippen LogP contribution >= 0.6 is 0 Å². The lowest BCUT2D eigenvalue weighted by atomic mass is 9.85. The molecular formula is C16H17FO4. The molecule has 0 unspecified atom stereocenters. The fraction of sp³-hybridized carbons (Fsp3) is 0.375. The van der Waals surface area contributed by atoms with Crippen LogP contribution in [0.25, 0.3) is 5.57 Å². The zero-order valence-corrected chi connectivity index (χ0v) is 12.0. The van der Waals surface area contributed by atoms with Gasteiger partial charge in [-0.15, -0.1) is 0 Å². The fourth-order valence-corrected chi connectivity index (χ4v) is 2.51. The Morgan fingerprint density at radius 2 is 1.90 bits per heavy atom. The Bertz CT molecular complexity index is 562. The second-order valence-corrected chi connectivity index (χ2v) is 5.00. The number of esters is 2. The lowest BCUT2D eigenvalue weighted by Gasteiger charge is -2.27. The first kappa shape index (κ1) is 15.2. The van der Waals surface area contributed by atoms with E-state index in [-0.39, 0.29) is 23.9 Å². The number of benzene rings is 1. The van der Waals surface area contributed by atoms with Crippen molar-refractivity contribution in [2.75, 3.05) is 7.11 Å². The molecule has 0 radical (unpaired) electrons. The van der Waals surface area contributed by atoms with Gasteiger partial charge >= 0.3 is 11.9 Å². The largest absolute Gasteiger partial charge is 0.469 e. The lowest BCUT2D eigenvalue weighted by molar-refractivity contribution is -0.151. The minimum Gasteiger partial charge on any atom is -0.469 e. The molecule has 0 aliphatic heterocycles. The molecule has 4 nitrogen and oxygen atoms in total. The molecule has 0 saturated carbocycles. The van der Waals surface area contributed by atoms with Crippen molar-refractivity contribution < 1.29 is 23.5 Å². The quantitative estimate of drug-likeness (QED) is 0.804. The van der Waals surface area contributed by atoms with Crippen LogP contribution in [0.4, 0.5) is 4.39 Å².